The van der Waals surface area contributed by atoms with Gasteiger partial charge in [0.2, 0.25) is 0 Å². The molecule has 3 heterocycles. The molecule has 0 aliphatic carbocycles. The van der Waals surface area contributed by atoms with Crippen LogP contribution in [0.5, 0.6) is 0 Å². The highest BCUT2D eigenvalue weighted by molar-refractivity contribution is 7.11. The second-order valence-corrected chi connectivity index (χ2v) is 6.35. The molecule has 1 amide bonds. The van der Waals surface area contributed by atoms with E-state index in [9.17, 15) is 9.90 Å². The highest BCUT2D eigenvalue weighted by Gasteiger charge is 2.53. The molecule has 2 aliphatic rings. The molecule has 18 heavy (non-hydrogen) atoms. The van der Waals surface area contributed by atoms with Gasteiger partial charge in [-0.3, -0.25) is 9.78 Å². The maximum absolute atomic E-state index is 12.3. The Bertz CT molecular complexity index is 442. The number of carbonyl (C=O) groups is 1. The molecule has 1 N–H and O–H groups in total. The van der Waals surface area contributed by atoms with Crippen molar-refractivity contribution < 1.29 is 9.90 Å². The fraction of sp³-hybridized carbons (Fsp3) is 0.667. The number of aromatic nitrogens is 1. The van der Waals surface area contributed by atoms with E-state index in [1.54, 1.807) is 11.7 Å². The fourth-order valence-electron chi connectivity index (χ4n) is 3.30. The summed E-state index contributed by atoms with van der Waals surface area (Å²) in [7, 11) is 2.08. The quantitative estimate of drug-likeness (QED) is 0.828. The van der Waals surface area contributed by atoms with Gasteiger partial charge in [-0.05, 0) is 7.05 Å². The van der Waals surface area contributed by atoms with Crippen LogP contribution in [0, 0.1) is 11.3 Å². The molecule has 1 spiro atoms. The van der Waals surface area contributed by atoms with Crippen molar-refractivity contribution in [2.24, 2.45) is 11.3 Å². The molecule has 1 atom stereocenters. The van der Waals surface area contributed by atoms with Crippen LogP contribution in [0.3, 0.4) is 0 Å². The number of rotatable bonds is 2. The van der Waals surface area contributed by atoms with E-state index in [0.717, 1.165) is 19.6 Å². The highest BCUT2D eigenvalue weighted by Crippen LogP contribution is 2.43. The van der Waals surface area contributed by atoms with Crippen LogP contribution in [0.1, 0.15) is 9.67 Å². The first-order chi connectivity index (χ1) is 8.64. The summed E-state index contributed by atoms with van der Waals surface area (Å²) in [5.74, 6) is 0.271. The van der Waals surface area contributed by atoms with Gasteiger partial charge in [-0.1, -0.05) is 0 Å². The maximum atomic E-state index is 12.3. The van der Waals surface area contributed by atoms with E-state index in [1.807, 2.05) is 4.90 Å². The Morgan fingerprint density at radius 1 is 1.61 bits per heavy atom. The minimum Gasteiger partial charge on any atom is -0.396 e. The van der Waals surface area contributed by atoms with Gasteiger partial charge in [0.1, 0.15) is 4.88 Å². The van der Waals surface area contributed by atoms with Crippen molar-refractivity contribution in [2.75, 3.05) is 39.8 Å². The van der Waals surface area contributed by atoms with E-state index in [-0.39, 0.29) is 23.8 Å². The van der Waals surface area contributed by atoms with E-state index in [2.05, 4.69) is 16.9 Å². The van der Waals surface area contributed by atoms with Crippen molar-refractivity contribution in [1.29, 1.82) is 0 Å². The summed E-state index contributed by atoms with van der Waals surface area (Å²) in [5, 5.41) is 9.52. The molecule has 1 aromatic heterocycles. The summed E-state index contributed by atoms with van der Waals surface area (Å²) in [6, 6.07) is 0. The van der Waals surface area contributed by atoms with E-state index in [0.29, 0.717) is 11.4 Å². The lowest BCUT2D eigenvalue weighted by molar-refractivity contribution is -0.0189. The SMILES string of the molecule is CN1CC2(C1)CN(C(=O)c1cncs1)CC2CO. The molecule has 1 unspecified atom stereocenters. The number of likely N-dealkylation sites (tertiary alicyclic amines) is 2. The van der Waals surface area contributed by atoms with Crippen LogP contribution in [0.2, 0.25) is 0 Å². The summed E-state index contributed by atoms with van der Waals surface area (Å²) in [6.07, 6.45) is 1.62. The third-order valence-corrected chi connectivity index (χ3v) is 4.89. The normalized spacial score (nSPS) is 26.6. The first kappa shape index (κ1) is 12.1. The molecule has 0 saturated carbocycles. The first-order valence-corrected chi connectivity index (χ1v) is 7.00. The number of thiazole rings is 1. The largest absolute Gasteiger partial charge is 0.396 e. The summed E-state index contributed by atoms with van der Waals surface area (Å²) in [5.41, 5.74) is 1.80. The van der Waals surface area contributed by atoms with Crippen molar-refractivity contribution in [3.63, 3.8) is 0 Å². The van der Waals surface area contributed by atoms with Gasteiger partial charge < -0.3 is 14.9 Å². The van der Waals surface area contributed by atoms with E-state index in [1.165, 1.54) is 11.3 Å². The van der Waals surface area contributed by atoms with Gasteiger partial charge in [0.15, 0.2) is 0 Å². The zero-order chi connectivity index (χ0) is 12.8. The third-order valence-electron chi connectivity index (χ3n) is 4.13. The van der Waals surface area contributed by atoms with Crippen LogP contribution in [0.25, 0.3) is 0 Å². The van der Waals surface area contributed by atoms with Gasteiger partial charge in [-0.2, -0.15) is 0 Å². The maximum Gasteiger partial charge on any atom is 0.265 e. The van der Waals surface area contributed by atoms with Crippen LogP contribution in [-0.4, -0.2) is 65.6 Å². The second kappa shape index (κ2) is 4.29. The minimum atomic E-state index is 0.0578. The number of carbonyl (C=O) groups excluding carboxylic acids is 1. The van der Waals surface area contributed by atoms with Crippen molar-refractivity contribution in [1.82, 2.24) is 14.8 Å². The zero-order valence-electron chi connectivity index (χ0n) is 10.4. The molecule has 5 nitrogen and oxygen atoms in total. The van der Waals surface area contributed by atoms with Gasteiger partial charge in [-0.25, -0.2) is 0 Å². The second-order valence-electron chi connectivity index (χ2n) is 5.47. The van der Waals surface area contributed by atoms with Crippen molar-refractivity contribution >= 4 is 17.2 Å². The third kappa shape index (κ3) is 1.75. The Labute approximate surface area is 110 Å². The highest BCUT2D eigenvalue weighted by atomic mass is 32.1. The predicted molar refractivity (Wildman–Crippen MR) is 68.5 cm³/mol. The lowest BCUT2D eigenvalue weighted by atomic mass is 9.72. The first-order valence-electron chi connectivity index (χ1n) is 6.12. The molecule has 0 bridgehead atoms. The number of hydrogen-bond donors (Lipinski definition) is 1. The summed E-state index contributed by atoms with van der Waals surface area (Å²) in [6.45, 7) is 3.55. The summed E-state index contributed by atoms with van der Waals surface area (Å²) in [4.78, 5) is 21.0. The molecule has 3 rings (SSSR count). The smallest absolute Gasteiger partial charge is 0.265 e. The van der Waals surface area contributed by atoms with Crippen LogP contribution >= 0.6 is 11.3 Å². The Morgan fingerprint density at radius 2 is 2.39 bits per heavy atom. The molecule has 1 aromatic rings. The molecule has 98 valence electrons. The van der Waals surface area contributed by atoms with Gasteiger partial charge in [-0.15, -0.1) is 11.3 Å². The van der Waals surface area contributed by atoms with Crippen molar-refractivity contribution in [3.8, 4) is 0 Å². The molecule has 6 heteroatoms. The van der Waals surface area contributed by atoms with Gasteiger partial charge in [0.05, 0.1) is 11.7 Å². The average molecular weight is 267 g/mol. The van der Waals surface area contributed by atoms with Crippen LogP contribution < -0.4 is 0 Å². The molecule has 0 aromatic carbocycles. The minimum absolute atomic E-state index is 0.0578. The van der Waals surface area contributed by atoms with E-state index < -0.39 is 0 Å². The number of nitrogens with zero attached hydrogens (tertiary/aromatic N) is 3. The monoisotopic (exact) mass is 267 g/mol. The Morgan fingerprint density at radius 3 is 2.94 bits per heavy atom. The predicted octanol–water partition coefficient (Wildman–Crippen LogP) is 0.139. The number of hydrogen-bond acceptors (Lipinski definition) is 5. The van der Waals surface area contributed by atoms with Crippen LogP contribution in [-0.2, 0) is 0 Å². The zero-order valence-corrected chi connectivity index (χ0v) is 11.2. The average Bonchev–Trinajstić information content (AvgIpc) is 2.93. The molecular weight excluding hydrogens is 250 g/mol. The van der Waals surface area contributed by atoms with Gasteiger partial charge in [0.25, 0.3) is 5.91 Å². The standard InChI is InChI=1S/C12H17N3O2S/c1-14-5-12(6-14)7-15(3-9(12)4-16)11(17)10-2-13-8-18-10/h2,8-9,16H,3-7H2,1H3. The van der Waals surface area contributed by atoms with Crippen molar-refractivity contribution in [2.45, 2.75) is 0 Å². The number of aliphatic hydroxyl groups is 1. The van der Waals surface area contributed by atoms with Gasteiger partial charge >= 0.3 is 0 Å². The Hall–Kier alpha value is -0.980. The van der Waals surface area contributed by atoms with Crippen molar-refractivity contribution in [3.05, 3.63) is 16.6 Å². The lowest BCUT2D eigenvalue weighted by Gasteiger charge is -2.49. The molecule has 2 saturated heterocycles. The summed E-state index contributed by atoms with van der Waals surface area (Å²) >= 11 is 1.38. The molecule has 0 radical (unpaired) electrons. The topological polar surface area (TPSA) is 56.7 Å². The fourth-order valence-corrected chi connectivity index (χ4v) is 3.89. The van der Waals surface area contributed by atoms with Crippen LogP contribution in [0.4, 0.5) is 0 Å². The Kier molecular flexibility index (Phi) is 2.88. The van der Waals surface area contributed by atoms with E-state index in [4.69, 9.17) is 0 Å². The summed E-state index contributed by atoms with van der Waals surface area (Å²) < 4.78 is 0. The van der Waals surface area contributed by atoms with Gasteiger partial charge in [0, 0.05) is 44.1 Å². The lowest BCUT2D eigenvalue weighted by Crippen LogP contribution is -2.59. The van der Waals surface area contributed by atoms with Crippen LogP contribution in [0.15, 0.2) is 11.7 Å². The molecular formula is C12H17N3O2S. The molecule has 2 fully saturated rings. The number of aliphatic hydroxyl groups excluding tert-OH is 1. The molecule has 2 aliphatic heterocycles. The number of amides is 1. The van der Waals surface area contributed by atoms with E-state index >= 15 is 0 Å². The Balaban J connectivity index is 1.75.